The zero-order valence-corrected chi connectivity index (χ0v) is 16.2. The van der Waals surface area contributed by atoms with Gasteiger partial charge in [-0.15, -0.1) is 0 Å². The van der Waals surface area contributed by atoms with Crippen molar-refractivity contribution in [3.05, 3.63) is 60.9 Å². The lowest BCUT2D eigenvalue weighted by molar-refractivity contribution is 0.410. The zero-order chi connectivity index (χ0) is 14.9. The monoisotopic (exact) mass is 512 g/mol. The SMILES string of the molecule is COc1cc(C)c(Br)cc1C(Br)c1ccc(F)cc1I. The lowest BCUT2D eigenvalue weighted by Crippen LogP contribution is -2.00. The molecule has 0 N–H and O–H groups in total. The second-order valence-corrected chi connectivity index (χ2v) is 7.30. The third kappa shape index (κ3) is 3.36. The van der Waals surface area contributed by atoms with E-state index in [1.807, 2.05) is 19.1 Å². The summed E-state index contributed by atoms with van der Waals surface area (Å²) in [6.45, 7) is 2.02. The van der Waals surface area contributed by atoms with Crippen LogP contribution in [0.3, 0.4) is 0 Å². The first-order chi connectivity index (χ1) is 9.43. The van der Waals surface area contributed by atoms with Crippen LogP contribution in [0.15, 0.2) is 34.8 Å². The molecule has 0 aliphatic carbocycles. The summed E-state index contributed by atoms with van der Waals surface area (Å²) in [5, 5.41) is 0. The van der Waals surface area contributed by atoms with Crippen LogP contribution in [-0.2, 0) is 0 Å². The van der Waals surface area contributed by atoms with Crippen molar-refractivity contribution >= 4 is 54.5 Å². The molecule has 0 amide bonds. The molecule has 1 nitrogen and oxygen atoms in total. The van der Waals surface area contributed by atoms with Gasteiger partial charge >= 0.3 is 0 Å². The van der Waals surface area contributed by atoms with Gasteiger partial charge in [0.05, 0.1) is 11.9 Å². The van der Waals surface area contributed by atoms with Crippen LogP contribution in [-0.4, -0.2) is 7.11 Å². The largest absolute Gasteiger partial charge is 0.496 e. The van der Waals surface area contributed by atoms with Crippen LogP contribution in [0.2, 0.25) is 0 Å². The van der Waals surface area contributed by atoms with Crippen molar-refractivity contribution in [2.24, 2.45) is 0 Å². The van der Waals surface area contributed by atoms with E-state index in [0.29, 0.717) is 0 Å². The molecule has 0 fully saturated rings. The summed E-state index contributed by atoms with van der Waals surface area (Å²) in [5.41, 5.74) is 3.13. The van der Waals surface area contributed by atoms with Crippen LogP contribution in [0.1, 0.15) is 21.5 Å². The van der Waals surface area contributed by atoms with Gasteiger partial charge in [0, 0.05) is 13.6 Å². The molecule has 0 spiro atoms. The fourth-order valence-electron chi connectivity index (χ4n) is 1.92. The topological polar surface area (TPSA) is 9.23 Å². The molecule has 106 valence electrons. The molecule has 0 radical (unpaired) electrons. The minimum Gasteiger partial charge on any atom is -0.496 e. The molecule has 20 heavy (non-hydrogen) atoms. The third-order valence-corrected chi connectivity index (χ3v) is 5.79. The van der Waals surface area contributed by atoms with Crippen molar-refractivity contribution in [1.82, 2.24) is 0 Å². The van der Waals surface area contributed by atoms with Gasteiger partial charge in [0.1, 0.15) is 11.6 Å². The number of halogens is 4. The molecule has 0 saturated heterocycles. The van der Waals surface area contributed by atoms with E-state index < -0.39 is 0 Å². The summed E-state index contributed by atoms with van der Waals surface area (Å²) in [7, 11) is 1.65. The standard InChI is InChI=1S/C15H12Br2FIO/c1-8-5-14(20-2)11(7-12(8)16)15(17)10-4-3-9(18)6-13(10)19/h3-7,15H,1-2H3. The average molecular weight is 514 g/mol. The Hall–Kier alpha value is -0.140. The number of aryl methyl sites for hydroxylation is 1. The van der Waals surface area contributed by atoms with E-state index in [0.717, 1.165) is 30.5 Å². The summed E-state index contributed by atoms with van der Waals surface area (Å²) in [6, 6.07) is 8.82. The van der Waals surface area contributed by atoms with Gasteiger partial charge in [-0.2, -0.15) is 0 Å². The number of benzene rings is 2. The molecule has 0 saturated carbocycles. The number of ether oxygens (including phenoxy) is 1. The number of rotatable bonds is 3. The molecule has 0 aromatic heterocycles. The Labute approximate surface area is 148 Å². The minimum absolute atomic E-state index is 0.0538. The van der Waals surface area contributed by atoms with Crippen molar-refractivity contribution in [3.8, 4) is 5.75 Å². The van der Waals surface area contributed by atoms with E-state index in [2.05, 4.69) is 54.5 Å². The molecule has 2 aromatic rings. The summed E-state index contributed by atoms with van der Waals surface area (Å²) < 4.78 is 20.6. The Bertz CT molecular complexity index is 646. The molecule has 0 bridgehead atoms. The number of hydrogen-bond acceptors (Lipinski definition) is 1. The van der Waals surface area contributed by atoms with E-state index in [-0.39, 0.29) is 10.6 Å². The van der Waals surface area contributed by atoms with Crippen LogP contribution in [0, 0.1) is 16.3 Å². The number of hydrogen-bond donors (Lipinski definition) is 0. The van der Waals surface area contributed by atoms with E-state index in [1.54, 1.807) is 13.2 Å². The van der Waals surface area contributed by atoms with Crippen molar-refractivity contribution in [1.29, 1.82) is 0 Å². The summed E-state index contributed by atoms with van der Waals surface area (Å²) in [6.07, 6.45) is 0. The van der Waals surface area contributed by atoms with E-state index in [1.165, 1.54) is 12.1 Å². The second-order valence-electron chi connectivity index (χ2n) is 4.37. The maximum Gasteiger partial charge on any atom is 0.124 e. The number of methoxy groups -OCH3 is 1. The Morgan fingerprint density at radius 2 is 1.90 bits per heavy atom. The van der Waals surface area contributed by atoms with E-state index >= 15 is 0 Å². The molecule has 0 aliphatic rings. The quantitative estimate of drug-likeness (QED) is 0.362. The molecule has 0 aliphatic heterocycles. The lowest BCUT2D eigenvalue weighted by Gasteiger charge is -2.17. The molecule has 2 rings (SSSR count). The smallest absolute Gasteiger partial charge is 0.124 e. The van der Waals surface area contributed by atoms with Crippen LogP contribution >= 0.6 is 54.5 Å². The van der Waals surface area contributed by atoms with E-state index in [9.17, 15) is 4.39 Å². The van der Waals surface area contributed by atoms with Gasteiger partial charge in [0.2, 0.25) is 0 Å². The Morgan fingerprint density at radius 1 is 1.20 bits per heavy atom. The average Bonchev–Trinajstić information content (AvgIpc) is 2.40. The molecule has 1 atom stereocenters. The molecule has 1 unspecified atom stereocenters. The third-order valence-electron chi connectivity index (χ3n) is 3.02. The van der Waals surface area contributed by atoms with Crippen LogP contribution in [0.4, 0.5) is 4.39 Å². The van der Waals surface area contributed by atoms with Crippen LogP contribution in [0.5, 0.6) is 5.75 Å². The fraction of sp³-hybridized carbons (Fsp3) is 0.200. The second kappa shape index (κ2) is 6.75. The van der Waals surface area contributed by atoms with Crippen molar-refractivity contribution in [2.75, 3.05) is 7.11 Å². The van der Waals surface area contributed by atoms with Gasteiger partial charge < -0.3 is 4.74 Å². The highest BCUT2D eigenvalue weighted by Gasteiger charge is 2.19. The molecular formula is C15H12Br2FIO. The van der Waals surface area contributed by atoms with Crippen LogP contribution < -0.4 is 4.74 Å². The van der Waals surface area contributed by atoms with E-state index in [4.69, 9.17) is 4.74 Å². The van der Waals surface area contributed by atoms with Crippen molar-refractivity contribution < 1.29 is 9.13 Å². The van der Waals surface area contributed by atoms with Crippen LogP contribution in [0.25, 0.3) is 0 Å². The van der Waals surface area contributed by atoms with Gasteiger partial charge in [-0.05, 0) is 64.9 Å². The minimum atomic E-state index is -0.227. The number of alkyl halides is 1. The first kappa shape index (κ1) is 16.2. The summed E-state index contributed by atoms with van der Waals surface area (Å²) in [4.78, 5) is -0.0538. The summed E-state index contributed by atoms with van der Waals surface area (Å²) >= 11 is 9.38. The lowest BCUT2D eigenvalue weighted by atomic mass is 10.0. The van der Waals surface area contributed by atoms with Gasteiger partial charge in [-0.25, -0.2) is 4.39 Å². The predicted octanol–water partition coefficient (Wildman–Crippen LogP) is 5.99. The van der Waals surface area contributed by atoms with Gasteiger partial charge in [-0.1, -0.05) is 37.9 Å². The summed E-state index contributed by atoms with van der Waals surface area (Å²) in [5.74, 6) is 0.586. The predicted molar refractivity (Wildman–Crippen MR) is 95.3 cm³/mol. The molecule has 5 heteroatoms. The normalized spacial score (nSPS) is 12.3. The van der Waals surface area contributed by atoms with Crippen molar-refractivity contribution in [3.63, 3.8) is 0 Å². The molecule has 2 aromatic carbocycles. The Kier molecular flexibility index (Phi) is 5.48. The van der Waals surface area contributed by atoms with Gasteiger partial charge in [0.15, 0.2) is 0 Å². The van der Waals surface area contributed by atoms with Gasteiger partial charge in [-0.3, -0.25) is 0 Å². The maximum atomic E-state index is 13.2. The maximum absolute atomic E-state index is 13.2. The fourth-order valence-corrected chi connectivity index (χ4v) is 4.25. The molecular weight excluding hydrogens is 502 g/mol. The highest BCUT2D eigenvalue weighted by molar-refractivity contribution is 14.1. The molecule has 0 heterocycles. The van der Waals surface area contributed by atoms with Crippen molar-refractivity contribution in [2.45, 2.75) is 11.8 Å². The zero-order valence-electron chi connectivity index (χ0n) is 10.9. The first-order valence-electron chi connectivity index (χ1n) is 5.87. The first-order valence-corrected chi connectivity index (χ1v) is 8.66. The highest BCUT2D eigenvalue weighted by Crippen LogP contribution is 2.40. The Balaban J connectivity index is 2.52. The van der Waals surface area contributed by atoms with Gasteiger partial charge in [0.25, 0.3) is 0 Å². The highest BCUT2D eigenvalue weighted by atomic mass is 127. The Morgan fingerprint density at radius 3 is 2.50 bits per heavy atom.